The summed E-state index contributed by atoms with van der Waals surface area (Å²) in [6.07, 6.45) is 4.19. The van der Waals surface area contributed by atoms with Crippen LogP contribution in [0.2, 0.25) is 0 Å². The van der Waals surface area contributed by atoms with Crippen molar-refractivity contribution in [3.05, 3.63) is 0 Å². The number of carbonyl (C=O) groups excluding carboxylic acids is 1. The number of carbonyl (C=O) groups is 2. The second-order valence-electron chi connectivity index (χ2n) is 5.32. The lowest BCUT2D eigenvalue weighted by molar-refractivity contribution is -0.148. The number of carboxylic acid groups (broad SMARTS) is 1. The van der Waals surface area contributed by atoms with Gasteiger partial charge < -0.3 is 10.8 Å². The van der Waals surface area contributed by atoms with Crippen LogP contribution >= 0.6 is 0 Å². The van der Waals surface area contributed by atoms with E-state index in [0.29, 0.717) is 0 Å². The molecule has 0 aromatic rings. The zero-order valence-electron chi connectivity index (χ0n) is 8.48. The molecular formula is C11H15NO3. The van der Waals surface area contributed by atoms with E-state index in [-0.39, 0.29) is 17.3 Å². The first-order valence-corrected chi connectivity index (χ1v) is 5.60. The van der Waals surface area contributed by atoms with Crippen LogP contribution in [0.15, 0.2) is 0 Å². The maximum atomic E-state index is 11.4. The number of primary amides is 1. The number of amides is 1. The van der Waals surface area contributed by atoms with Crippen molar-refractivity contribution in [1.82, 2.24) is 0 Å². The van der Waals surface area contributed by atoms with Crippen LogP contribution in [0.5, 0.6) is 0 Å². The molecule has 4 atom stereocenters. The third-order valence-electron chi connectivity index (χ3n) is 4.96. The maximum absolute atomic E-state index is 11.4. The van der Waals surface area contributed by atoms with E-state index in [1.165, 1.54) is 0 Å². The predicted octanol–water partition coefficient (Wildman–Crippen LogP) is 0.609. The average molecular weight is 209 g/mol. The SMILES string of the molecule is NC(=O)C1C(C(=O)O)[C@H]2CC[C@@H]1C21CC1. The van der Waals surface area contributed by atoms with Gasteiger partial charge in [0.25, 0.3) is 0 Å². The normalized spacial score (nSPS) is 44.5. The predicted molar refractivity (Wildman–Crippen MR) is 51.7 cm³/mol. The Kier molecular flexibility index (Phi) is 1.56. The number of rotatable bonds is 2. The van der Waals surface area contributed by atoms with Gasteiger partial charge >= 0.3 is 5.97 Å². The molecule has 4 heteroatoms. The molecule has 3 rings (SSSR count). The molecule has 0 aromatic carbocycles. The zero-order chi connectivity index (χ0) is 10.8. The van der Waals surface area contributed by atoms with Crippen molar-refractivity contribution in [3.8, 4) is 0 Å². The topological polar surface area (TPSA) is 80.4 Å². The number of aliphatic carboxylic acids is 1. The Balaban J connectivity index is 2.01. The van der Waals surface area contributed by atoms with Crippen LogP contribution in [0.25, 0.3) is 0 Å². The van der Waals surface area contributed by atoms with E-state index in [9.17, 15) is 14.7 Å². The minimum absolute atomic E-state index is 0.197. The summed E-state index contributed by atoms with van der Waals surface area (Å²) in [5, 5.41) is 9.21. The van der Waals surface area contributed by atoms with E-state index in [4.69, 9.17) is 5.73 Å². The minimum Gasteiger partial charge on any atom is -0.481 e. The van der Waals surface area contributed by atoms with Gasteiger partial charge in [0.2, 0.25) is 5.91 Å². The van der Waals surface area contributed by atoms with Crippen LogP contribution in [-0.2, 0) is 9.59 Å². The number of hydrogen-bond donors (Lipinski definition) is 2. The van der Waals surface area contributed by atoms with E-state index in [2.05, 4.69) is 0 Å². The molecule has 82 valence electrons. The molecular weight excluding hydrogens is 194 g/mol. The summed E-state index contributed by atoms with van der Waals surface area (Å²) in [7, 11) is 0. The molecule has 3 fully saturated rings. The first-order valence-electron chi connectivity index (χ1n) is 5.60. The largest absolute Gasteiger partial charge is 0.481 e. The molecule has 3 aliphatic carbocycles. The number of nitrogens with two attached hydrogens (primary N) is 1. The highest BCUT2D eigenvalue weighted by Crippen LogP contribution is 2.74. The minimum atomic E-state index is -0.822. The second-order valence-corrected chi connectivity index (χ2v) is 5.32. The fraction of sp³-hybridized carbons (Fsp3) is 0.818. The summed E-state index contributed by atoms with van der Waals surface area (Å²) in [4.78, 5) is 22.6. The molecule has 1 amide bonds. The summed E-state index contributed by atoms with van der Waals surface area (Å²) in [6.45, 7) is 0. The van der Waals surface area contributed by atoms with Gasteiger partial charge in [-0.25, -0.2) is 0 Å². The van der Waals surface area contributed by atoms with Crippen LogP contribution in [0, 0.1) is 29.1 Å². The molecule has 3 saturated carbocycles. The van der Waals surface area contributed by atoms with Crippen LogP contribution < -0.4 is 5.73 Å². The Morgan fingerprint density at radius 2 is 1.67 bits per heavy atom. The highest BCUT2D eigenvalue weighted by molar-refractivity contribution is 5.85. The molecule has 0 saturated heterocycles. The molecule has 3 aliphatic rings. The molecule has 1 spiro atoms. The summed E-state index contributed by atoms with van der Waals surface area (Å²) < 4.78 is 0. The zero-order valence-corrected chi connectivity index (χ0v) is 8.48. The summed E-state index contributed by atoms with van der Waals surface area (Å²) in [6, 6.07) is 0. The fourth-order valence-electron chi connectivity index (χ4n) is 4.37. The summed E-state index contributed by atoms with van der Waals surface area (Å²) >= 11 is 0. The molecule has 2 bridgehead atoms. The summed E-state index contributed by atoms with van der Waals surface area (Å²) in [5.41, 5.74) is 5.56. The lowest BCUT2D eigenvalue weighted by Crippen LogP contribution is -2.38. The van der Waals surface area contributed by atoms with Crippen LogP contribution in [0.1, 0.15) is 25.7 Å². The molecule has 3 N–H and O–H groups in total. The number of carboxylic acids is 1. The van der Waals surface area contributed by atoms with Crippen molar-refractivity contribution in [2.45, 2.75) is 25.7 Å². The Hall–Kier alpha value is -1.06. The van der Waals surface area contributed by atoms with Gasteiger partial charge in [0.05, 0.1) is 11.8 Å². The molecule has 0 aliphatic heterocycles. The Morgan fingerprint density at radius 3 is 2.00 bits per heavy atom. The van der Waals surface area contributed by atoms with Crippen LogP contribution in [0.4, 0.5) is 0 Å². The van der Waals surface area contributed by atoms with Crippen LogP contribution in [-0.4, -0.2) is 17.0 Å². The lowest BCUT2D eigenvalue weighted by atomic mass is 9.79. The molecule has 0 aromatic heterocycles. The van der Waals surface area contributed by atoms with Gasteiger partial charge in [-0.05, 0) is 42.9 Å². The second kappa shape index (κ2) is 2.54. The van der Waals surface area contributed by atoms with Gasteiger partial charge in [-0.3, -0.25) is 9.59 Å². The van der Waals surface area contributed by atoms with Crippen molar-refractivity contribution in [3.63, 3.8) is 0 Å². The third kappa shape index (κ3) is 0.924. The Labute approximate surface area is 87.8 Å². The van der Waals surface area contributed by atoms with E-state index in [1.807, 2.05) is 0 Å². The highest BCUT2D eigenvalue weighted by Gasteiger charge is 2.71. The molecule has 15 heavy (non-hydrogen) atoms. The Bertz CT molecular complexity index is 318. The van der Waals surface area contributed by atoms with Gasteiger partial charge in [0.1, 0.15) is 0 Å². The van der Waals surface area contributed by atoms with Crippen molar-refractivity contribution >= 4 is 11.9 Å². The van der Waals surface area contributed by atoms with Gasteiger partial charge in [0, 0.05) is 0 Å². The van der Waals surface area contributed by atoms with E-state index < -0.39 is 23.7 Å². The molecule has 0 radical (unpaired) electrons. The number of hydrogen-bond acceptors (Lipinski definition) is 2. The van der Waals surface area contributed by atoms with E-state index in [0.717, 1.165) is 25.7 Å². The third-order valence-corrected chi connectivity index (χ3v) is 4.96. The van der Waals surface area contributed by atoms with Crippen molar-refractivity contribution in [2.24, 2.45) is 34.8 Å². The smallest absolute Gasteiger partial charge is 0.307 e. The monoisotopic (exact) mass is 209 g/mol. The van der Waals surface area contributed by atoms with Crippen molar-refractivity contribution < 1.29 is 14.7 Å². The molecule has 4 nitrogen and oxygen atoms in total. The van der Waals surface area contributed by atoms with Gasteiger partial charge in [-0.1, -0.05) is 0 Å². The van der Waals surface area contributed by atoms with Crippen molar-refractivity contribution in [2.75, 3.05) is 0 Å². The molecule has 2 unspecified atom stereocenters. The lowest BCUT2D eigenvalue weighted by Gasteiger charge is -2.24. The van der Waals surface area contributed by atoms with Gasteiger partial charge in [0.15, 0.2) is 0 Å². The van der Waals surface area contributed by atoms with Crippen molar-refractivity contribution in [1.29, 1.82) is 0 Å². The van der Waals surface area contributed by atoms with Gasteiger partial charge in [-0.15, -0.1) is 0 Å². The molecule has 0 heterocycles. The average Bonchev–Trinajstić information content (AvgIpc) is 2.81. The van der Waals surface area contributed by atoms with Gasteiger partial charge in [-0.2, -0.15) is 0 Å². The van der Waals surface area contributed by atoms with E-state index in [1.54, 1.807) is 0 Å². The standard InChI is InChI=1S/C11H15NO3/c12-9(13)7-5-1-2-6(8(7)10(14)15)11(5)3-4-11/h5-8H,1-4H2,(H2,12,13)(H,14,15)/t5-,6+,7?,8?/m0/s1. The Morgan fingerprint density at radius 1 is 1.13 bits per heavy atom. The van der Waals surface area contributed by atoms with Crippen LogP contribution in [0.3, 0.4) is 0 Å². The first-order chi connectivity index (χ1) is 7.08. The first kappa shape index (κ1) is 9.19. The summed E-state index contributed by atoms with van der Waals surface area (Å²) in [5.74, 6) is -1.63. The fourth-order valence-corrected chi connectivity index (χ4v) is 4.37. The highest BCUT2D eigenvalue weighted by atomic mass is 16.4. The quantitative estimate of drug-likeness (QED) is 0.699. The maximum Gasteiger partial charge on any atom is 0.307 e. The van der Waals surface area contributed by atoms with E-state index >= 15 is 0 Å².